The number of nitrogens with zero attached hydrogens (tertiary/aromatic N) is 2. The molecule has 190 valence electrons. The number of allylic oxidation sites excluding steroid dienone is 2. The van der Waals surface area contributed by atoms with Gasteiger partial charge in [0.05, 0.1) is 24.6 Å². The Kier molecular flexibility index (Phi) is 5.50. The molecular weight excluding hydrogens is 462 g/mol. The average Bonchev–Trinajstić information content (AvgIpc) is 3.32. The van der Waals surface area contributed by atoms with E-state index in [1.165, 1.54) is 0 Å². The zero-order valence-corrected chi connectivity index (χ0v) is 21.6. The largest absolute Gasteiger partial charge is 0.496 e. The number of H-pyrrole nitrogens is 1. The lowest BCUT2D eigenvalue weighted by Gasteiger charge is -2.39. The summed E-state index contributed by atoms with van der Waals surface area (Å²) in [6.07, 6.45) is 0.936. The lowest BCUT2D eigenvalue weighted by Crippen LogP contribution is -2.36. The molecular formula is C27H31N3O6. The summed E-state index contributed by atoms with van der Waals surface area (Å²) in [7, 11) is 3.34. The van der Waals surface area contributed by atoms with Gasteiger partial charge in [-0.3, -0.25) is 19.1 Å². The minimum Gasteiger partial charge on any atom is -0.496 e. The van der Waals surface area contributed by atoms with Crippen molar-refractivity contribution in [2.45, 2.75) is 59.4 Å². The summed E-state index contributed by atoms with van der Waals surface area (Å²) < 4.78 is 17.0. The number of aromatic nitrogens is 2. The first kappa shape index (κ1) is 24.1. The number of likely N-dealkylation sites (N-methyl/N-ethyl adjacent to an activating group) is 1. The maximum Gasteiger partial charge on any atom is 0.439 e. The number of aromatic amines is 1. The Bertz CT molecular complexity index is 1410. The van der Waals surface area contributed by atoms with Crippen LogP contribution in [0.5, 0.6) is 5.75 Å². The van der Waals surface area contributed by atoms with Crippen LogP contribution < -0.4 is 10.5 Å². The third-order valence-corrected chi connectivity index (χ3v) is 7.50. The molecule has 0 saturated carbocycles. The van der Waals surface area contributed by atoms with E-state index >= 15 is 0 Å². The van der Waals surface area contributed by atoms with Gasteiger partial charge >= 0.3 is 5.76 Å². The van der Waals surface area contributed by atoms with E-state index in [2.05, 4.69) is 37.8 Å². The highest BCUT2D eigenvalue weighted by atomic mass is 16.5. The van der Waals surface area contributed by atoms with Gasteiger partial charge in [-0.05, 0) is 36.0 Å². The van der Waals surface area contributed by atoms with Gasteiger partial charge in [-0.25, -0.2) is 4.79 Å². The van der Waals surface area contributed by atoms with Gasteiger partial charge in [-0.1, -0.05) is 32.9 Å². The molecule has 0 fully saturated rings. The Morgan fingerprint density at radius 3 is 2.50 bits per heavy atom. The monoisotopic (exact) mass is 493 g/mol. The Morgan fingerprint density at radius 1 is 1.17 bits per heavy atom. The maximum atomic E-state index is 13.8. The van der Waals surface area contributed by atoms with Gasteiger partial charge in [0.25, 0.3) is 5.91 Å². The second-order valence-corrected chi connectivity index (χ2v) is 11.0. The van der Waals surface area contributed by atoms with Gasteiger partial charge < -0.3 is 14.4 Å². The lowest BCUT2D eigenvalue weighted by atomic mass is 9.69. The van der Waals surface area contributed by atoms with Crippen molar-refractivity contribution < 1.29 is 23.6 Å². The number of ketones is 1. The highest BCUT2D eigenvalue weighted by molar-refractivity contribution is 6.07. The van der Waals surface area contributed by atoms with E-state index in [0.29, 0.717) is 52.4 Å². The number of methoxy groups -OCH3 is 1. The lowest BCUT2D eigenvalue weighted by molar-refractivity contribution is -0.126. The number of nitrogens with one attached hydrogen (secondary N) is 1. The number of benzene rings is 1. The van der Waals surface area contributed by atoms with E-state index in [0.717, 1.165) is 5.56 Å². The Hall–Kier alpha value is -3.62. The van der Waals surface area contributed by atoms with Gasteiger partial charge in [0.15, 0.2) is 11.6 Å². The fraction of sp³-hybridized carbons (Fsp3) is 0.481. The SMILES string of the molecule is COc1ccc(-c2noc(=O)[nH]2)c(C)c1[C@H]1C2=C(CC(C)(C)CC2=O)OC2=C1C(=O)N(C)[C@@H]2C(C)C. The van der Waals surface area contributed by atoms with E-state index < -0.39 is 11.7 Å². The number of Topliss-reactive ketones (excluding diaryl/α,β-unsaturated/α-hetero) is 1. The minimum atomic E-state index is -0.667. The van der Waals surface area contributed by atoms with Gasteiger partial charge in [0.1, 0.15) is 17.3 Å². The highest BCUT2D eigenvalue weighted by Crippen LogP contribution is 2.54. The van der Waals surface area contributed by atoms with E-state index in [1.807, 2.05) is 6.92 Å². The van der Waals surface area contributed by atoms with E-state index in [4.69, 9.17) is 14.0 Å². The van der Waals surface area contributed by atoms with Crippen molar-refractivity contribution in [1.82, 2.24) is 15.0 Å². The van der Waals surface area contributed by atoms with Crippen molar-refractivity contribution in [3.63, 3.8) is 0 Å². The van der Waals surface area contributed by atoms with Crippen LogP contribution in [0.1, 0.15) is 57.6 Å². The first-order valence-corrected chi connectivity index (χ1v) is 12.1. The van der Waals surface area contributed by atoms with Crippen molar-refractivity contribution in [2.24, 2.45) is 11.3 Å². The van der Waals surface area contributed by atoms with Gasteiger partial charge in [0, 0.05) is 36.6 Å². The molecule has 9 nitrogen and oxygen atoms in total. The molecule has 9 heteroatoms. The van der Waals surface area contributed by atoms with E-state index in [9.17, 15) is 14.4 Å². The molecule has 1 aromatic carbocycles. The second-order valence-electron chi connectivity index (χ2n) is 11.0. The third-order valence-electron chi connectivity index (χ3n) is 7.50. The van der Waals surface area contributed by atoms with Crippen molar-refractivity contribution in [2.75, 3.05) is 14.2 Å². The van der Waals surface area contributed by atoms with Gasteiger partial charge in [-0.2, -0.15) is 0 Å². The molecule has 36 heavy (non-hydrogen) atoms. The Labute approximate surface area is 209 Å². The fourth-order valence-electron chi connectivity index (χ4n) is 5.99. The van der Waals surface area contributed by atoms with Crippen LogP contribution in [0.3, 0.4) is 0 Å². The van der Waals surface area contributed by atoms with Crippen molar-refractivity contribution in [1.29, 1.82) is 0 Å². The van der Waals surface area contributed by atoms with Crippen molar-refractivity contribution >= 4 is 11.7 Å². The standard InChI is InChI=1S/C27H31N3O6/c1-12(2)22-23-21(25(32)30(22)6)20(19-15(31)10-27(4,5)11-17(19)35-23)18-13(3)14(8-9-16(18)34-7)24-28-26(33)36-29-24/h8-9,12,20,22H,10-11H2,1-7H3,(H,28,29,33)/t20-,22+/m0/s1. The zero-order chi connectivity index (χ0) is 26.1. The molecule has 0 bridgehead atoms. The van der Waals surface area contributed by atoms with Crippen LogP contribution in [0.4, 0.5) is 0 Å². The molecule has 1 aromatic heterocycles. The number of carbonyl (C=O) groups is 2. The van der Waals surface area contributed by atoms with Crippen molar-refractivity contribution in [3.05, 3.63) is 56.5 Å². The molecule has 0 spiro atoms. The van der Waals surface area contributed by atoms with Crippen molar-refractivity contribution in [3.8, 4) is 17.1 Å². The normalized spacial score (nSPS) is 23.3. The summed E-state index contributed by atoms with van der Waals surface area (Å²) in [5.41, 5.74) is 2.74. The summed E-state index contributed by atoms with van der Waals surface area (Å²) in [4.78, 5) is 43.4. The van der Waals surface area contributed by atoms with Crippen LogP contribution in [0.15, 0.2) is 44.1 Å². The number of ether oxygens (including phenoxy) is 2. The molecule has 1 aliphatic carbocycles. The molecule has 2 aromatic rings. The summed E-state index contributed by atoms with van der Waals surface area (Å²) in [5, 5.41) is 3.86. The molecule has 0 unspecified atom stereocenters. The first-order valence-electron chi connectivity index (χ1n) is 12.1. The number of rotatable bonds is 4. The topological polar surface area (TPSA) is 115 Å². The smallest absolute Gasteiger partial charge is 0.439 e. The average molecular weight is 494 g/mol. The molecule has 3 heterocycles. The van der Waals surface area contributed by atoms with Crippen LogP contribution in [0.25, 0.3) is 11.4 Å². The van der Waals surface area contributed by atoms with Gasteiger partial charge in [-0.15, -0.1) is 0 Å². The molecule has 3 aliphatic rings. The maximum absolute atomic E-state index is 13.8. The molecule has 1 amide bonds. The van der Waals surface area contributed by atoms with Crippen LogP contribution in [-0.2, 0) is 14.3 Å². The second kappa shape index (κ2) is 8.21. The zero-order valence-electron chi connectivity index (χ0n) is 21.6. The number of hydrogen-bond donors (Lipinski definition) is 1. The van der Waals surface area contributed by atoms with E-state index in [1.54, 1.807) is 31.2 Å². The molecule has 1 N–H and O–H groups in total. The third kappa shape index (κ3) is 3.51. The molecule has 0 radical (unpaired) electrons. The summed E-state index contributed by atoms with van der Waals surface area (Å²) in [6.45, 7) is 10.1. The minimum absolute atomic E-state index is 0.0389. The molecule has 2 atom stereocenters. The Morgan fingerprint density at radius 2 is 1.89 bits per heavy atom. The predicted molar refractivity (Wildman–Crippen MR) is 131 cm³/mol. The quantitative estimate of drug-likeness (QED) is 0.688. The molecule has 2 aliphatic heterocycles. The Balaban J connectivity index is 1.82. The number of hydrogen-bond acceptors (Lipinski definition) is 7. The summed E-state index contributed by atoms with van der Waals surface area (Å²) in [6, 6.07) is 3.30. The number of carbonyl (C=O) groups excluding carboxylic acids is 2. The van der Waals surface area contributed by atoms with Crippen LogP contribution >= 0.6 is 0 Å². The predicted octanol–water partition coefficient (Wildman–Crippen LogP) is 3.85. The van der Waals surface area contributed by atoms with E-state index in [-0.39, 0.29) is 34.9 Å². The van der Waals surface area contributed by atoms with Crippen LogP contribution in [0.2, 0.25) is 0 Å². The number of amides is 1. The first-order chi connectivity index (χ1) is 16.9. The summed E-state index contributed by atoms with van der Waals surface area (Å²) >= 11 is 0. The molecule has 0 saturated heterocycles. The molecule has 5 rings (SSSR count). The van der Waals surface area contributed by atoms with Gasteiger partial charge in [0.2, 0.25) is 0 Å². The van der Waals surface area contributed by atoms with Crippen LogP contribution in [0, 0.1) is 18.3 Å². The van der Waals surface area contributed by atoms with Crippen LogP contribution in [-0.4, -0.2) is 46.9 Å². The summed E-state index contributed by atoms with van der Waals surface area (Å²) in [5.74, 6) is 0.596. The highest BCUT2D eigenvalue weighted by Gasteiger charge is 2.52. The fourth-order valence-corrected chi connectivity index (χ4v) is 5.99.